The summed E-state index contributed by atoms with van der Waals surface area (Å²) in [4.78, 5) is 0. The highest BCUT2D eigenvalue weighted by Crippen LogP contribution is 2.38. The van der Waals surface area contributed by atoms with Gasteiger partial charge in [0.2, 0.25) is 0 Å². The number of ether oxygens (including phenoxy) is 1. The predicted molar refractivity (Wildman–Crippen MR) is 73.0 cm³/mol. The lowest BCUT2D eigenvalue weighted by Gasteiger charge is -2.12. The van der Waals surface area contributed by atoms with Gasteiger partial charge in [-0.15, -0.1) is 0 Å². The predicted octanol–water partition coefficient (Wildman–Crippen LogP) is 5.93. The van der Waals surface area contributed by atoms with E-state index >= 15 is 0 Å². The molecule has 2 rings (SSSR count). The first-order chi connectivity index (χ1) is 9.81. The number of hydrogen-bond acceptors (Lipinski definition) is 1. The molecule has 0 amide bonds. The Hall–Kier alpha value is -2.01. The average molecular weight is 317 g/mol. The van der Waals surface area contributed by atoms with Gasteiger partial charge >= 0.3 is 6.18 Å². The zero-order chi connectivity index (χ0) is 15.6. The Labute approximate surface area is 123 Å². The van der Waals surface area contributed by atoms with E-state index in [-0.39, 0.29) is 11.5 Å². The van der Waals surface area contributed by atoms with Gasteiger partial charge in [-0.3, -0.25) is 0 Å². The zero-order valence-corrected chi connectivity index (χ0v) is 11.3. The van der Waals surface area contributed by atoms with E-state index in [1.165, 1.54) is 30.3 Å². The summed E-state index contributed by atoms with van der Waals surface area (Å²) in [6.07, 6.45) is -3.17. The summed E-state index contributed by atoms with van der Waals surface area (Å²) < 4.78 is 57.0. The Bertz CT molecular complexity index is 680. The van der Waals surface area contributed by atoms with Gasteiger partial charge in [0.25, 0.3) is 0 Å². The summed E-state index contributed by atoms with van der Waals surface area (Å²) in [5.41, 5.74) is -0.503. The molecule has 0 atom stereocenters. The fourth-order valence-electron chi connectivity index (χ4n) is 1.64. The summed E-state index contributed by atoms with van der Waals surface area (Å²) in [6, 6.07) is 7.03. The molecule has 0 bridgehead atoms. The molecule has 6 heteroatoms. The van der Waals surface area contributed by atoms with Crippen LogP contribution in [0.5, 0.6) is 11.5 Å². The van der Waals surface area contributed by atoms with Crippen molar-refractivity contribution in [3.05, 3.63) is 64.9 Å². The summed E-state index contributed by atoms with van der Waals surface area (Å²) in [5, 5.41) is -0.447. The molecule has 0 aliphatic rings. The highest BCUT2D eigenvalue weighted by atomic mass is 35.5. The van der Waals surface area contributed by atoms with E-state index in [2.05, 4.69) is 6.58 Å². The van der Waals surface area contributed by atoms with Crippen molar-refractivity contribution in [2.75, 3.05) is 0 Å². The Balaban J connectivity index is 2.34. The fourth-order valence-corrected chi connectivity index (χ4v) is 1.86. The minimum atomic E-state index is -4.61. The Kier molecular flexibility index (Phi) is 4.23. The Morgan fingerprint density at radius 2 is 1.81 bits per heavy atom. The van der Waals surface area contributed by atoms with E-state index in [4.69, 9.17) is 16.3 Å². The second-order valence-corrected chi connectivity index (χ2v) is 4.54. The molecule has 0 N–H and O–H groups in total. The van der Waals surface area contributed by atoms with Crippen LogP contribution in [0.15, 0.2) is 43.0 Å². The first-order valence-electron chi connectivity index (χ1n) is 5.78. The van der Waals surface area contributed by atoms with Crippen LogP contribution < -0.4 is 4.74 Å². The molecule has 0 radical (unpaired) electrons. The van der Waals surface area contributed by atoms with Gasteiger partial charge in [0.05, 0.1) is 10.6 Å². The fraction of sp³-hybridized carbons (Fsp3) is 0.0667. The number of benzene rings is 2. The van der Waals surface area contributed by atoms with Gasteiger partial charge in [-0.05, 0) is 35.9 Å². The summed E-state index contributed by atoms with van der Waals surface area (Å²) >= 11 is 5.49. The maximum absolute atomic E-state index is 13.7. The van der Waals surface area contributed by atoms with Crippen molar-refractivity contribution in [2.24, 2.45) is 0 Å². The smallest absolute Gasteiger partial charge is 0.417 e. The van der Waals surface area contributed by atoms with Crippen molar-refractivity contribution >= 4 is 17.7 Å². The molecule has 0 saturated heterocycles. The lowest BCUT2D eigenvalue weighted by atomic mass is 10.2. The van der Waals surface area contributed by atoms with E-state index in [1.807, 2.05) is 0 Å². The second kappa shape index (κ2) is 5.77. The molecule has 0 saturated carbocycles. The monoisotopic (exact) mass is 316 g/mol. The molecule has 0 spiro atoms. The standard InChI is InChI=1S/C15H9ClF4O/c1-2-9-3-6-14(13(17)7-9)21-10-4-5-12(16)11(8-10)15(18,19)20/h2-8H,1H2. The van der Waals surface area contributed by atoms with Crippen molar-refractivity contribution in [2.45, 2.75) is 6.18 Å². The molecule has 0 heterocycles. The van der Waals surface area contributed by atoms with Gasteiger partial charge in [-0.1, -0.05) is 30.3 Å². The van der Waals surface area contributed by atoms with Crippen LogP contribution in [0.25, 0.3) is 6.08 Å². The average Bonchev–Trinajstić information content (AvgIpc) is 2.41. The normalized spacial score (nSPS) is 11.3. The second-order valence-electron chi connectivity index (χ2n) is 4.14. The zero-order valence-electron chi connectivity index (χ0n) is 10.5. The third-order valence-electron chi connectivity index (χ3n) is 2.66. The van der Waals surface area contributed by atoms with E-state index in [1.54, 1.807) is 0 Å². The van der Waals surface area contributed by atoms with Crippen molar-refractivity contribution in [3.63, 3.8) is 0 Å². The highest BCUT2D eigenvalue weighted by Gasteiger charge is 2.33. The summed E-state index contributed by atoms with van der Waals surface area (Å²) in [6.45, 7) is 3.49. The first-order valence-corrected chi connectivity index (χ1v) is 6.15. The maximum atomic E-state index is 13.7. The highest BCUT2D eigenvalue weighted by molar-refractivity contribution is 6.31. The van der Waals surface area contributed by atoms with Crippen molar-refractivity contribution in [1.29, 1.82) is 0 Å². The van der Waals surface area contributed by atoms with E-state index in [9.17, 15) is 17.6 Å². The first kappa shape index (κ1) is 15.4. The summed E-state index contributed by atoms with van der Waals surface area (Å²) in [5.74, 6) is -1.04. The number of hydrogen-bond donors (Lipinski definition) is 0. The van der Waals surface area contributed by atoms with Gasteiger partial charge in [-0.2, -0.15) is 13.2 Å². The lowest BCUT2D eigenvalue weighted by molar-refractivity contribution is -0.137. The SMILES string of the molecule is C=Cc1ccc(Oc2ccc(Cl)c(C(F)(F)F)c2)c(F)c1. The lowest BCUT2D eigenvalue weighted by Crippen LogP contribution is -2.06. The van der Waals surface area contributed by atoms with Gasteiger partial charge in [-0.25, -0.2) is 4.39 Å². The van der Waals surface area contributed by atoms with Gasteiger partial charge in [0, 0.05) is 0 Å². The van der Waals surface area contributed by atoms with Crippen LogP contribution in [-0.4, -0.2) is 0 Å². The van der Waals surface area contributed by atoms with Crippen molar-refractivity contribution in [1.82, 2.24) is 0 Å². The minimum absolute atomic E-state index is 0.156. The van der Waals surface area contributed by atoms with Gasteiger partial charge in [0.15, 0.2) is 11.6 Å². The van der Waals surface area contributed by atoms with Gasteiger partial charge in [0.1, 0.15) is 5.75 Å². The van der Waals surface area contributed by atoms with Crippen LogP contribution in [0.2, 0.25) is 5.02 Å². The molecular formula is C15H9ClF4O. The number of alkyl halides is 3. The third-order valence-corrected chi connectivity index (χ3v) is 2.99. The van der Waals surface area contributed by atoms with E-state index in [0.29, 0.717) is 5.56 Å². The van der Waals surface area contributed by atoms with Crippen molar-refractivity contribution in [3.8, 4) is 11.5 Å². The molecule has 0 aliphatic carbocycles. The maximum Gasteiger partial charge on any atom is 0.417 e. The molecule has 2 aromatic rings. The van der Waals surface area contributed by atoms with Crippen LogP contribution in [0.3, 0.4) is 0 Å². The van der Waals surface area contributed by atoms with Crippen molar-refractivity contribution < 1.29 is 22.3 Å². The molecule has 110 valence electrons. The Morgan fingerprint density at radius 3 is 2.38 bits per heavy atom. The number of rotatable bonds is 3. The van der Waals surface area contributed by atoms with Crippen LogP contribution in [0.4, 0.5) is 17.6 Å². The topological polar surface area (TPSA) is 9.23 Å². The van der Waals surface area contributed by atoms with E-state index in [0.717, 1.165) is 12.1 Å². The molecule has 2 aromatic carbocycles. The molecule has 0 aromatic heterocycles. The van der Waals surface area contributed by atoms with Gasteiger partial charge < -0.3 is 4.74 Å². The van der Waals surface area contributed by atoms with E-state index < -0.39 is 22.6 Å². The van der Waals surface area contributed by atoms with Crippen LogP contribution in [-0.2, 0) is 6.18 Å². The molecular weight excluding hydrogens is 308 g/mol. The van der Waals surface area contributed by atoms with Crippen LogP contribution in [0, 0.1) is 5.82 Å². The molecule has 1 nitrogen and oxygen atoms in total. The Morgan fingerprint density at radius 1 is 1.10 bits per heavy atom. The minimum Gasteiger partial charge on any atom is -0.454 e. The molecule has 0 fully saturated rings. The van der Waals surface area contributed by atoms with Crippen LogP contribution >= 0.6 is 11.6 Å². The van der Waals surface area contributed by atoms with Crippen LogP contribution in [0.1, 0.15) is 11.1 Å². The molecule has 0 unspecified atom stereocenters. The molecule has 21 heavy (non-hydrogen) atoms. The summed E-state index contributed by atoms with van der Waals surface area (Å²) in [7, 11) is 0. The number of halogens is 5. The quantitative estimate of drug-likeness (QED) is 0.637. The third kappa shape index (κ3) is 3.55. The largest absolute Gasteiger partial charge is 0.454 e. The molecule has 0 aliphatic heterocycles.